The predicted octanol–water partition coefficient (Wildman–Crippen LogP) is 2.69. The molecule has 1 aromatic carbocycles. The Bertz CT molecular complexity index is 1450. The predicted molar refractivity (Wildman–Crippen MR) is 135 cm³/mol. The molecular formula is C25H30N10O. The van der Waals surface area contributed by atoms with E-state index >= 15 is 0 Å². The highest BCUT2D eigenvalue weighted by atomic mass is 16.2. The largest absolute Gasteiger partial charge is 0.368 e. The van der Waals surface area contributed by atoms with E-state index < -0.39 is 5.41 Å². The van der Waals surface area contributed by atoms with E-state index in [1.165, 1.54) is 0 Å². The van der Waals surface area contributed by atoms with Crippen LogP contribution in [0.2, 0.25) is 0 Å². The van der Waals surface area contributed by atoms with E-state index in [4.69, 9.17) is 0 Å². The first-order valence-electron chi connectivity index (χ1n) is 12.0. The van der Waals surface area contributed by atoms with Gasteiger partial charge in [0, 0.05) is 29.5 Å². The molecule has 0 radical (unpaired) electrons. The molecule has 11 heteroatoms. The number of aryl methyl sites for hydroxylation is 1. The second kappa shape index (κ2) is 9.06. The van der Waals surface area contributed by atoms with Crippen LogP contribution in [0.5, 0.6) is 0 Å². The van der Waals surface area contributed by atoms with Gasteiger partial charge in [0.2, 0.25) is 5.95 Å². The third-order valence-electron chi connectivity index (χ3n) is 6.43. The second-order valence-corrected chi connectivity index (χ2v) is 9.99. The van der Waals surface area contributed by atoms with Crippen LogP contribution < -0.4 is 11.0 Å². The molecule has 11 nitrogen and oxygen atoms in total. The Morgan fingerprint density at radius 3 is 2.61 bits per heavy atom. The molecule has 36 heavy (non-hydrogen) atoms. The van der Waals surface area contributed by atoms with Gasteiger partial charge in [-0.25, -0.2) is 14.5 Å². The lowest BCUT2D eigenvalue weighted by molar-refractivity contribution is 0.389. The van der Waals surface area contributed by atoms with Crippen molar-refractivity contribution in [2.45, 2.75) is 58.0 Å². The van der Waals surface area contributed by atoms with Crippen molar-refractivity contribution in [2.75, 3.05) is 0 Å². The third-order valence-corrected chi connectivity index (χ3v) is 6.43. The minimum Gasteiger partial charge on any atom is -0.368 e. The standard InChI is InChI=1S/C25H30N10O/c1-5-7-20-15-33(22-30-27-17-35(22)24(2,3)4)23(36)34(20)16-25(10-12-26-13-11-25)19-9-6-8-18(14-19)21-28-31-32-29-21/h6,8-15,17,26H,5,7,16H2,1-4H3,(H,28,29,31,32). The van der Waals surface area contributed by atoms with E-state index in [0.717, 1.165) is 29.7 Å². The number of imidazole rings is 1. The molecule has 0 spiro atoms. The van der Waals surface area contributed by atoms with E-state index in [-0.39, 0.29) is 11.2 Å². The molecule has 0 atom stereocenters. The normalized spacial score (nSPS) is 14.8. The molecule has 0 unspecified atom stereocenters. The fourth-order valence-corrected chi connectivity index (χ4v) is 4.55. The molecule has 2 N–H and O–H groups in total. The van der Waals surface area contributed by atoms with Crippen LogP contribution in [0.15, 0.2) is 66.1 Å². The molecule has 1 aliphatic heterocycles. The van der Waals surface area contributed by atoms with Gasteiger partial charge in [-0.1, -0.05) is 43.7 Å². The Labute approximate surface area is 208 Å². The molecule has 4 aromatic rings. The van der Waals surface area contributed by atoms with Gasteiger partial charge in [-0.2, -0.15) is 0 Å². The first kappa shape index (κ1) is 23.5. The topological polar surface area (TPSA) is 124 Å². The minimum absolute atomic E-state index is 0.146. The number of nitrogens with zero attached hydrogens (tertiary/aromatic N) is 8. The fraction of sp³-hybridized carbons (Fsp3) is 0.360. The summed E-state index contributed by atoms with van der Waals surface area (Å²) < 4.78 is 5.39. The summed E-state index contributed by atoms with van der Waals surface area (Å²) in [5.41, 5.74) is 1.85. The molecule has 5 rings (SSSR count). The molecule has 0 bridgehead atoms. The van der Waals surface area contributed by atoms with Crippen molar-refractivity contribution >= 4 is 0 Å². The van der Waals surface area contributed by atoms with Crippen molar-refractivity contribution in [1.29, 1.82) is 0 Å². The van der Waals surface area contributed by atoms with E-state index in [9.17, 15) is 4.79 Å². The zero-order valence-corrected chi connectivity index (χ0v) is 20.9. The van der Waals surface area contributed by atoms with Crippen LogP contribution in [0, 0.1) is 0 Å². The van der Waals surface area contributed by atoms with E-state index in [1.54, 1.807) is 10.9 Å². The van der Waals surface area contributed by atoms with E-state index in [2.05, 4.69) is 88.1 Å². The van der Waals surface area contributed by atoms with E-state index in [0.29, 0.717) is 18.3 Å². The number of benzene rings is 1. The first-order valence-corrected chi connectivity index (χ1v) is 12.0. The van der Waals surface area contributed by atoms with Crippen LogP contribution in [-0.4, -0.2) is 44.5 Å². The third kappa shape index (κ3) is 4.16. The van der Waals surface area contributed by atoms with Gasteiger partial charge in [-0.05, 0) is 61.6 Å². The molecule has 0 fully saturated rings. The summed E-state index contributed by atoms with van der Waals surface area (Å²) in [7, 11) is 0. The number of allylic oxidation sites excluding steroid dienone is 2. The Morgan fingerprint density at radius 2 is 1.92 bits per heavy atom. The number of aromatic nitrogens is 9. The van der Waals surface area contributed by atoms with Gasteiger partial charge in [0.05, 0.1) is 5.41 Å². The first-order chi connectivity index (χ1) is 17.3. The number of nitrogens with one attached hydrogen (secondary N) is 2. The molecular weight excluding hydrogens is 456 g/mol. The van der Waals surface area contributed by atoms with Crippen molar-refractivity contribution in [1.82, 2.24) is 49.8 Å². The van der Waals surface area contributed by atoms with Gasteiger partial charge in [-0.3, -0.25) is 9.13 Å². The number of dihydropyridines is 1. The summed E-state index contributed by atoms with van der Waals surface area (Å²) in [6.07, 6.45) is 13.2. The van der Waals surface area contributed by atoms with Crippen molar-refractivity contribution in [3.05, 3.63) is 83.1 Å². The lowest BCUT2D eigenvalue weighted by atomic mass is 9.78. The summed E-state index contributed by atoms with van der Waals surface area (Å²) in [6.45, 7) is 8.71. The SMILES string of the molecule is CCCc1cn(-c2nncn2C(C)(C)C)c(=O)n1CC1(c2cccc(-c3nnn[nH]3)c2)C=CNC=C1. The lowest BCUT2D eigenvalue weighted by Crippen LogP contribution is -2.37. The van der Waals surface area contributed by atoms with Crippen molar-refractivity contribution in [3.63, 3.8) is 0 Å². The van der Waals surface area contributed by atoms with Crippen molar-refractivity contribution in [2.24, 2.45) is 0 Å². The quantitative estimate of drug-likeness (QED) is 0.412. The molecule has 0 saturated carbocycles. The maximum atomic E-state index is 13.9. The highest BCUT2D eigenvalue weighted by Crippen LogP contribution is 2.33. The molecule has 0 aliphatic carbocycles. The van der Waals surface area contributed by atoms with Crippen LogP contribution in [0.4, 0.5) is 0 Å². The molecule has 3 aromatic heterocycles. The summed E-state index contributed by atoms with van der Waals surface area (Å²) in [5.74, 6) is 1.10. The summed E-state index contributed by atoms with van der Waals surface area (Å²) in [5, 5.41) is 25.8. The van der Waals surface area contributed by atoms with Gasteiger partial charge < -0.3 is 5.32 Å². The Hall–Kier alpha value is -4.28. The van der Waals surface area contributed by atoms with Crippen LogP contribution in [0.25, 0.3) is 17.3 Å². The fourth-order valence-electron chi connectivity index (χ4n) is 4.55. The average molecular weight is 487 g/mol. The highest BCUT2D eigenvalue weighted by molar-refractivity contribution is 5.57. The summed E-state index contributed by atoms with van der Waals surface area (Å²) >= 11 is 0. The van der Waals surface area contributed by atoms with Gasteiger partial charge >= 0.3 is 5.69 Å². The lowest BCUT2D eigenvalue weighted by Gasteiger charge is -2.31. The molecule has 0 amide bonds. The Balaban J connectivity index is 1.63. The van der Waals surface area contributed by atoms with Crippen LogP contribution in [0.3, 0.4) is 0 Å². The van der Waals surface area contributed by atoms with E-state index in [1.807, 2.05) is 39.9 Å². The zero-order valence-electron chi connectivity index (χ0n) is 20.9. The summed E-state index contributed by atoms with van der Waals surface area (Å²) in [4.78, 5) is 13.9. The second-order valence-electron chi connectivity index (χ2n) is 9.99. The maximum Gasteiger partial charge on any atom is 0.335 e. The monoisotopic (exact) mass is 486 g/mol. The highest BCUT2D eigenvalue weighted by Gasteiger charge is 2.32. The number of tetrazole rings is 1. The Kier molecular flexibility index (Phi) is 5.91. The Morgan fingerprint density at radius 1 is 1.11 bits per heavy atom. The molecule has 186 valence electrons. The van der Waals surface area contributed by atoms with Crippen LogP contribution >= 0.6 is 0 Å². The smallest absolute Gasteiger partial charge is 0.335 e. The minimum atomic E-state index is -0.565. The zero-order chi connectivity index (χ0) is 25.3. The van der Waals surface area contributed by atoms with Crippen molar-refractivity contribution < 1.29 is 0 Å². The molecule has 0 saturated heterocycles. The maximum absolute atomic E-state index is 13.9. The number of H-pyrrole nitrogens is 1. The van der Waals surface area contributed by atoms with Gasteiger partial charge in [0.1, 0.15) is 6.33 Å². The number of aromatic amines is 1. The average Bonchev–Trinajstić information content (AvgIpc) is 3.62. The number of rotatable bonds is 7. The van der Waals surface area contributed by atoms with Gasteiger partial charge in [0.25, 0.3) is 0 Å². The number of hydrogen-bond donors (Lipinski definition) is 2. The van der Waals surface area contributed by atoms with Crippen molar-refractivity contribution in [3.8, 4) is 17.3 Å². The number of hydrogen-bond acceptors (Lipinski definition) is 7. The van der Waals surface area contributed by atoms with Gasteiger partial charge in [-0.15, -0.1) is 15.3 Å². The van der Waals surface area contributed by atoms with Crippen LogP contribution in [0.1, 0.15) is 45.4 Å². The van der Waals surface area contributed by atoms with Gasteiger partial charge in [0.15, 0.2) is 5.82 Å². The molecule has 1 aliphatic rings. The summed E-state index contributed by atoms with van der Waals surface area (Å²) in [6, 6.07) is 8.05. The molecule has 4 heterocycles. The van der Waals surface area contributed by atoms with Crippen LogP contribution in [-0.2, 0) is 23.9 Å².